The summed E-state index contributed by atoms with van der Waals surface area (Å²) in [6.07, 6.45) is 0. The summed E-state index contributed by atoms with van der Waals surface area (Å²) >= 11 is 0. The molecule has 0 fully saturated rings. The molecule has 0 aliphatic carbocycles. The third-order valence-corrected chi connectivity index (χ3v) is 4.16. The third kappa shape index (κ3) is 5.48. The van der Waals surface area contributed by atoms with Crippen LogP contribution in [-0.2, 0) is 4.79 Å². The van der Waals surface area contributed by atoms with Crippen molar-refractivity contribution in [1.82, 2.24) is 4.90 Å². The highest BCUT2D eigenvalue weighted by molar-refractivity contribution is 6.02. The van der Waals surface area contributed by atoms with Crippen molar-refractivity contribution in [1.29, 1.82) is 0 Å². The minimum Gasteiger partial charge on any atom is -0.484 e. The van der Waals surface area contributed by atoms with E-state index in [-0.39, 0.29) is 18.4 Å². The summed E-state index contributed by atoms with van der Waals surface area (Å²) in [5, 5.41) is 2.80. The lowest BCUT2D eigenvalue weighted by atomic mass is 10.1. The number of nitrogens with zero attached hydrogens (tertiary/aromatic N) is 2. The molecule has 0 saturated carbocycles. The van der Waals surface area contributed by atoms with E-state index in [4.69, 9.17) is 4.74 Å². The third-order valence-electron chi connectivity index (χ3n) is 4.16. The van der Waals surface area contributed by atoms with Crippen LogP contribution in [0.3, 0.4) is 0 Å². The van der Waals surface area contributed by atoms with Crippen LogP contribution < -0.4 is 15.0 Å². The number of ether oxygens (including phenoxy) is 1. The summed E-state index contributed by atoms with van der Waals surface area (Å²) in [5.74, 6) is 0.297. The molecular weight excluding hydrogens is 342 g/mol. The van der Waals surface area contributed by atoms with Crippen LogP contribution in [0.25, 0.3) is 0 Å². The van der Waals surface area contributed by atoms with Gasteiger partial charge < -0.3 is 19.9 Å². The molecule has 0 aliphatic rings. The number of anilines is 2. The zero-order valence-electron chi connectivity index (χ0n) is 16.4. The molecule has 2 amide bonds. The van der Waals surface area contributed by atoms with E-state index in [0.29, 0.717) is 30.1 Å². The average Bonchev–Trinajstić information content (AvgIpc) is 2.67. The summed E-state index contributed by atoms with van der Waals surface area (Å²) in [5.41, 5.74) is 1.94. The van der Waals surface area contributed by atoms with Gasteiger partial charge in [-0.15, -0.1) is 0 Å². The maximum absolute atomic E-state index is 12.8. The van der Waals surface area contributed by atoms with Crippen molar-refractivity contribution in [3.05, 3.63) is 54.1 Å². The van der Waals surface area contributed by atoms with Gasteiger partial charge in [-0.3, -0.25) is 9.59 Å². The molecule has 0 aromatic heterocycles. The van der Waals surface area contributed by atoms with Crippen molar-refractivity contribution >= 4 is 23.2 Å². The monoisotopic (exact) mass is 369 g/mol. The first-order valence-electron chi connectivity index (χ1n) is 9.04. The Morgan fingerprint density at radius 3 is 2.26 bits per heavy atom. The first kappa shape index (κ1) is 20.3. The van der Waals surface area contributed by atoms with Crippen molar-refractivity contribution in [2.24, 2.45) is 0 Å². The predicted molar refractivity (Wildman–Crippen MR) is 109 cm³/mol. The molecule has 1 N–H and O–H groups in total. The molecular formula is C21H27N3O3. The van der Waals surface area contributed by atoms with E-state index in [1.807, 2.05) is 57.1 Å². The molecule has 0 saturated heterocycles. The minimum absolute atomic E-state index is 0.0552. The number of amides is 2. The van der Waals surface area contributed by atoms with Crippen molar-refractivity contribution in [2.45, 2.75) is 13.8 Å². The molecule has 6 nitrogen and oxygen atoms in total. The quantitative estimate of drug-likeness (QED) is 0.776. The van der Waals surface area contributed by atoms with Gasteiger partial charge in [0.15, 0.2) is 6.61 Å². The van der Waals surface area contributed by atoms with E-state index in [0.717, 1.165) is 5.69 Å². The number of hydrogen-bond acceptors (Lipinski definition) is 4. The lowest BCUT2D eigenvalue weighted by Gasteiger charge is -2.23. The summed E-state index contributed by atoms with van der Waals surface area (Å²) in [6.45, 7) is 5.05. The summed E-state index contributed by atoms with van der Waals surface area (Å²) in [6, 6.07) is 14.5. The van der Waals surface area contributed by atoms with Gasteiger partial charge in [0, 0.05) is 38.6 Å². The van der Waals surface area contributed by atoms with E-state index in [1.54, 1.807) is 29.2 Å². The first-order valence-corrected chi connectivity index (χ1v) is 9.04. The number of benzene rings is 2. The zero-order chi connectivity index (χ0) is 19.8. The number of carbonyl (C=O) groups excluding carboxylic acids is 2. The lowest BCUT2D eigenvalue weighted by molar-refractivity contribution is -0.118. The van der Waals surface area contributed by atoms with Crippen LogP contribution in [0, 0.1) is 0 Å². The molecule has 2 aromatic rings. The second kappa shape index (κ2) is 9.62. The lowest BCUT2D eigenvalue weighted by Crippen LogP contribution is -2.32. The second-order valence-electron chi connectivity index (χ2n) is 6.25. The van der Waals surface area contributed by atoms with Gasteiger partial charge in [0.1, 0.15) is 5.75 Å². The SMILES string of the molecule is CCN(CC)C(=O)c1cc(NC(=O)COc2ccccc2)ccc1N(C)C. The molecule has 0 atom stereocenters. The van der Waals surface area contributed by atoms with Crippen LogP contribution in [0.1, 0.15) is 24.2 Å². The highest BCUT2D eigenvalue weighted by atomic mass is 16.5. The van der Waals surface area contributed by atoms with Crippen LogP contribution in [0.2, 0.25) is 0 Å². The zero-order valence-corrected chi connectivity index (χ0v) is 16.4. The van der Waals surface area contributed by atoms with Crippen LogP contribution >= 0.6 is 0 Å². The molecule has 0 unspecified atom stereocenters. The molecule has 0 spiro atoms. The van der Waals surface area contributed by atoms with Gasteiger partial charge in [-0.1, -0.05) is 18.2 Å². The van der Waals surface area contributed by atoms with Gasteiger partial charge in [-0.25, -0.2) is 0 Å². The Morgan fingerprint density at radius 1 is 1.00 bits per heavy atom. The van der Waals surface area contributed by atoms with Crippen molar-refractivity contribution < 1.29 is 14.3 Å². The Bertz CT molecular complexity index is 771. The van der Waals surface area contributed by atoms with E-state index < -0.39 is 0 Å². The van der Waals surface area contributed by atoms with Gasteiger partial charge in [0.25, 0.3) is 11.8 Å². The Kier molecular flexibility index (Phi) is 7.23. The van der Waals surface area contributed by atoms with Gasteiger partial charge in [0.2, 0.25) is 0 Å². The number of nitrogens with one attached hydrogen (secondary N) is 1. The molecule has 0 bridgehead atoms. The van der Waals surface area contributed by atoms with E-state index in [1.165, 1.54) is 0 Å². The summed E-state index contributed by atoms with van der Waals surface area (Å²) in [7, 11) is 3.78. The van der Waals surface area contributed by atoms with Gasteiger partial charge in [-0.2, -0.15) is 0 Å². The predicted octanol–water partition coefficient (Wildman–Crippen LogP) is 3.25. The van der Waals surface area contributed by atoms with Crippen molar-refractivity contribution in [3.8, 4) is 5.75 Å². The van der Waals surface area contributed by atoms with Gasteiger partial charge in [0.05, 0.1) is 5.56 Å². The molecule has 0 aliphatic heterocycles. The average molecular weight is 369 g/mol. The largest absolute Gasteiger partial charge is 0.484 e. The fourth-order valence-electron chi connectivity index (χ4n) is 2.72. The van der Waals surface area contributed by atoms with Crippen LogP contribution in [0.15, 0.2) is 48.5 Å². The molecule has 0 heterocycles. The van der Waals surface area contributed by atoms with Crippen LogP contribution in [0.5, 0.6) is 5.75 Å². The van der Waals surface area contributed by atoms with E-state index >= 15 is 0 Å². The maximum atomic E-state index is 12.8. The standard InChI is InChI=1S/C21H27N3O3/c1-5-24(6-2)21(26)18-14-16(12-13-19(18)23(3)4)22-20(25)15-27-17-10-8-7-9-11-17/h7-14H,5-6,15H2,1-4H3,(H,22,25). The van der Waals surface area contributed by atoms with Gasteiger partial charge in [-0.05, 0) is 44.2 Å². The Balaban J connectivity index is 2.14. The molecule has 27 heavy (non-hydrogen) atoms. The highest BCUT2D eigenvalue weighted by Gasteiger charge is 2.19. The number of para-hydroxylation sites is 1. The smallest absolute Gasteiger partial charge is 0.262 e. The summed E-state index contributed by atoms with van der Waals surface area (Å²) in [4.78, 5) is 28.7. The normalized spacial score (nSPS) is 10.2. The Labute approximate surface area is 160 Å². The molecule has 6 heteroatoms. The van der Waals surface area contributed by atoms with E-state index in [2.05, 4.69) is 5.32 Å². The number of hydrogen-bond donors (Lipinski definition) is 1. The molecule has 2 rings (SSSR count). The first-order chi connectivity index (χ1) is 13.0. The van der Waals surface area contributed by atoms with Crippen molar-refractivity contribution in [2.75, 3.05) is 44.0 Å². The highest BCUT2D eigenvalue weighted by Crippen LogP contribution is 2.24. The molecule has 2 aromatic carbocycles. The minimum atomic E-state index is -0.280. The molecule has 144 valence electrons. The number of carbonyl (C=O) groups is 2. The fourth-order valence-corrected chi connectivity index (χ4v) is 2.72. The maximum Gasteiger partial charge on any atom is 0.262 e. The van der Waals surface area contributed by atoms with E-state index in [9.17, 15) is 9.59 Å². The topological polar surface area (TPSA) is 61.9 Å². The fraction of sp³-hybridized carbons (Fsp3) is 0.333. The Hall–Kier alpha value is -3.02. The number of rotatable bonds is 8. The summed E-state index contributed by atoms with van der Waals surface area (Å²) < 4.78 is 5.46. The van der Waals surface area contributed by atoms with Crippen molar-refractivity contribution in [3.63, 3.8) is 0 Å². The van der Waals surface area contributed by atoms with Gasteiger partial charge >= 0.3 is 0 Å². The Morgan fingerprint density at radius 2 is 1.67 bits per heavy atom. The second-order valence-corrected chi connectivity index (χ2v) is 6.25. The molecule has 0 radical (unpaired) electrons. The van der Waals surface area contributed by atoms with Crippen LogP contribution in [-0.4, -0.2) is 50.5 Å². The van der Waals surface area contributed by atoms with Crippen LogP contribution in [0.4, 0.5) is 11.4 Å².